The van der Waals surface area contributed by atoms with Gasteiger partial charge in [0.1, 0.15) is 12.1 Å². The zero-order valence-electron chi connectivity index (χ0n) is 10.9. The Bertz CT molecular complexity index is 420. The molecule has 21 heavy (non-hydrogen) atoms. The number of hydrogen-bond donors (Lipinski definition) is 7. The van der Waals surface area contributed by atoms with Gasteiger partial charge in [-0.05, 0) is 0 Å². The second-order valence-electron chi connectivity index (χ2n) is 4.03. The van der Waals surface area contributed by atoms with Gasteiger partial charge in [0.15, 0.2) is 0 Å². The summed E-state index contributed by atoms with van der Waals surface area (Å²) in [6.07, 6.45) is -0.596. The summed E-state index contributed by atoms with van der Waals surface area (Å²) in [4.78, 5) is 44.6. The first kappa shape index (κ1) is 19.5. The largest absolute Gasteiger partial charge is 0.481 e. The van der Waals surface area contributed by atoms with E-state index in [9.17, 15) is 19.2 Å². The Kier molecular flexibility index (Phi) is 8.81. The number of nitrogens with one attached hydrogen (secondary N) is 2. The fraction of sp³-hybridized carbons (Fsp3) is 0.600. The van der Waals surface area contributed by atoms with Crippen LogP contribution in [0.15, 0.2) is 0 Å². The van der Waals surface area contributed by atoms with Gasteiger partial charge in [0.05, 0.1) is 12.5 Å². The fourth-order valence-electron chi connectivity index (χ4n) is 1.21. The molecule has 0 spiro atoms. The van der Waals surface area contributed by atoms with Crippen molar-refractivity contribution in [3.8, 4) is 0 Å². The molecule has 0 unspecified atom stereocenters. The predicted molar refractivity (Wildman–Crippen MR) is 79.4 cm³/mol. The van der Waals surface area contributed by atoms with Crippen LogP contribution >= 0.6 is 25.3 Å². The number of carbonyl (C=O) groups is 4. The summed E-state index contributed by atoms with van der Waals surface area (Å²) in [5.74, 6) is -4.40. The Morgan fingerprint density at radius 2 is 1.43 bits per heavy atom. The van der Waals surface area contributed by atoms with Crippen LogP contribution in [0.1, 0.15) is 6.42 Å². The maximum absolute atomic E-state index is 11.8. The summed E-state index contributed by atoms with van der Waals surface area (Å²) >= 11 is 7.65. The van der Waals surface area contributed by atoms with Crippen molar-refractivity contribution in [2.45, 2.75) is 24.5 Å². The highest BCUT2D eigenvalue weighted by molar-refractivity contribution is 7.80. The van der Waals surface area contributed by atoms with Crippen LogP contribution in [0.25, 0.3) is 0 Å². The van der Waals surface area contributed by atoms with Crippen LogP contribution < -0.4 is 16.4 Å². The van der Waals surface area contributed by atoms with E-state index < -0.39 is 48.3 Å². The number of carboxylic acids is 2. The summed E-state index contributed by atoms with van der Waals surface area (Å²) in [6.45, 7) is 0. The second kappa shape index (κ2) is 9.47. The lowest BCUT2D eigenvalue weighted by molar-refractivity contribution is -0.142. The lowest BCUT2D eigenvalue weighted by Gasteiger charge is -2.20. The highest BCUT2D eigenvalue weighted by Gasteiger charge is 2.27. The van der Waals surface area contributed by atoms with Crippen molar-refractivity contribution in [1.29, 1.82) is 0 Å². The summed E-state index contributed by atoms with van der Waals surface area (Å²) < 4.78 is 0. The SMILES string of the molecule is N[C@@H](CC(=O)O)C(=O)N[C@@H](CS)C(=O)N[C@@H](CS)C(=O)O. The molecule has 0 heterocycles. The van der Waals surface area contributed by atoms with E-state index >= 15 is 0 Å². The molecule has 11 heteroatoms. The molecular weight excluding hydrogens is 322 g/mol. The third kappa shape index (κ3) is 7.20. The van der Waals surface area contributed by atoms with Crippen molar-refractivity contribution in [3.63, 3.8) is 0 Å². The molecule has 0 aromatic carbocycles. The standard InChI is InChI=1S/C10H17N3O6S2/c11-4(1-7(14)15)8(16)12-5(2-20)9(17)13-6(3-21)10(18)19/h4-6,20-21H,1-3,11H2,(H,12,16)(H,13,17)(H,14,15)(H,18,19)/t4-,5-,6-/m0/s1. The summed E-state index contributed by atoms with van der Waals surface area (Å²) in [5.41, 5.74) is 5.34. The summed E-state index contributed by atoms with van der Waals surface area (Å²) in [7, 11) is 0. The number of hydrogen-bond acceptors (Lipinski definition) is 7. The summed E-state index contributed by atoms with van der Waals surface area (Å²) in [5, 5.41) is 21.7. The molecule has 0 aromatic rings. The molecule has 6 N–H and O–H groups in total. The minimum atomic E-state index is -1.32. The fourth-order valence-corrected chi connectivity index (χ4v) is 1.72. The number of aliphatic carboxylic acids is 2. The van der Waals surface area contributed by atoms with Gasteiger partial charge in [0, 0.05) is 11.5 Å². The van der Waals surface area contributed by atoms with E-state index in [-0.39, 0.29) is 11.5 Å². The Balaban J connectivity index is 4.63. The van der Waals surface area contributed by atoms with Crippen LogP contribution in [-0.2, 0) is 19.2 Å². The molecule has 9 nitrogen and oxygen atoms in total. The van der Waals surface area contributed by atoms with Crippen molar-refractivity contribution in [2.24, 2.45) is 5.73 Å². The van der Waals surface area contributed by atoms with Gasteiger partial charge >= 0.3 is 11.9 Å². The van der Waals surface area contributed by atoms with E-state index in [1.165, 1.54) is 0 Å². The van der Waals surface area contributed by atoms with Gasteiger partial charge < -0.3 is 26.6 Å². The number of carboxylic acid groups (broad SMARTS) is 2. The molecular formula is C10H17N3O6S2. The zero-order chi connectivity index (χ0) is 16.6. The first-order chi connectivity index (χ1) is 9.72. The average Bonchev–Trinajstić information content (AvgIpc) is 2.40. The smallest absolute Gasteiger partial charge is 0.327 e. The van der Waals surface area contributed by atoms with Gasteiger partial charge in [-0.2, -0.15) is 25.3 Å². The first-order valence-corrected chi connectivity index (χ1v) is 7.02. The maximum Gasteiger partial charge on any atom is 0.327 e. The third-order valence-electron chi connectivity index (χ3n) is 2.34. The molecule has 0 aliphatic carbocycles. The Hall–Kier alpha value is -1.46. The molecule has 0 saturated heterocycles. The highest BCUT2D eigenvalue weighted by Crippen LogP contribution is 1.96. The molecule has 0 fully saturated rings. The van der Waals surface area contributed by atoms with Gasteiger partial charge in [-0.25, -0.2) is 4.79 Å². The molecule has 2 amide bonds. The molecule has 0 aliphatic heterocycles. The third-order valence-corrected chi connectivity index (χ3v) is 3.07. The number of nitrogens with two attached hydrogens (primary N) is 1. The van der Waals surface area contributed by atoms with Gasteiger partial charge in [0.2, 0.25) is 11.8 Å². The minimum Gasteiger partial charge on any atom is -0.481 e. The van der Waals surface area contributed by atoms with Crippen LogP contribution in [0.5, 0.6) is 0 Å². The van der Waals surface area contributed by atoms with Gasteiger partial charge in [-0.3, -0.25) is 14.4 Å². The predicted octanol–water partition coefficient (Wildman–Crippen LogP) is -2.30. The van der Waals surface area contributed by atoms with Crippen molar-refractivity contribution < 1.29 is 29.4 Å². The lowest BCUT2D eigenvalue weighted by atomic mass is 10.2. The van der Waals surface area contributed by atoms with E-state index in [1.54, 1.807) is 0 Å². The first-order valence-electron chi connectivity index (χ1n) is 5.75. The average molecular weight is 339 g/mol. The molecule has 3 atom stereocenters. The van der Waals surface area contributed by atoms with Crippen LogP contribution in [0.4, 0.5) is 0 Å². The van der Waals surface area contributed by atoms with Gasteiger partial charge in [-0.1, -0.05) is 0 Å². The van der Waals surface area contributed by atoms with Crippen LogP contribution in [0.3, 0.4) is 0 Å². The normalized spacial score (nSPS) is 14.6. The zero-order valence-corrected chi connectivity index (χ0v) is 12.6. The Morgan fingerprint density at radius 1 is 0.952 bits per heavy atom. The van der Waals surface area contributed by atoms with E-state index in [4.69, 9.17) is 15.9 Å². The van der Waals surface area contributed by atoms with Crippen LogP contribution in [0, 0.1) is 0 Å². The second-order valence-corrected chi connectivity index (χ2v) is 4.76. The number of amides is 2. The van der Waals surface area contributed by atoms with Crippen molar-refractivity contribution in [2.75, 3.05) is 11.5 Å². The number of rotatable bonds is 9. The van der Waals surface area contributed by atoms with Crippen LogP contribution in [0.2, 0.25) is 0 Å². The van der Waals surface area contributed by atoms with E-state index in [2.05, 4.69) is 35.9 Å². The number of thiol groups is 2. The topological polar surface area (TPSA) is 159 Å². The minimum absolute atomic E-state index is 0.115. The molecule has 0 radical (unpaired) electrons. The molecule has 0 rings (SSSR count). The summed E-state index contributed by atoms with van der Waals surface area (Å²) in [6, 6.07) is -3.67. The Labute approximate surface area is 131 Å². The molecule has 0 aromatic heterocycles. The van der Waals surface area contributed by atoms with Crippen molar-refractivity contribution in [1.82, 2.24) is 10.6 Å². The quantitative estimate of drug-likeness (QED) is 0.233. The molecule has 0 bridgehead atoms. The van der Waals surface area contributed by atoms with E-state index in [0.717, 1.165) is 0 Å². The van der Waals surface area contributed by atoms with E-state index in [0.29, 0.717) is 0 Å². The van der Waals surface area contributed by atoms with Gasteiger partial charge in [0.25, 0.3) is 0 Å². The highest BCUT2D eigenvalue weighted by atomic mass is 32.1. The van der Waals surface area contributed by atoms with Gasteiger partial charge in [-0.15, -0.1) is 0 Å². The maximum atomic E-state index is 11.8. The van der Waals surface area contributed by atoms with Crippen molar-refractivity contribution in [3.05, 3.63) is 0 Å². The van der Waals surface area contributed by atoms with Crippen LogP contribution in [-0.4, -0.2) is 63.6 Å². The van der Waals surface area contributed by atoms with E-state index in [1.807, 2.05) is 0 Å². The molecule has 0 saturated carbocycles. The number of carbonyl (C=O) groups excluding carboxylic acids is 2. The Morgan fingerprint density at radius 3 is 1.81 bits per heavy atom. The molecule has 120 valence electrons. The monoisotopic (exact) mass is 339 g/mol. The lowest BCUT2D eigenvalue weighted by Crippen LogP contribution is -2.55. The molecule has 0 aliphatic rings. The van der Waals surface area contributed by atoms with Crippen molar-refractivity contribution >= 4 is 49.0 Å².